The molecule has 0 heterocycles. The Kier molecular flexibility index (Phi) is 7.91. The highest BCUT2D eigenvalue weighted by Crippen LogP contribution is 2.07. The van der Waals surface area contributed by atoms with Crippen molar-refractivity contribution in [1.82, 2.24) is 15.8 Å². The lowest BCUT2D eigenvalue weighted by atomic mass is 10.2. The Labute approximate surface area is 105 Å². The predicted octanol–water partition coefficient (Wildman–Crippen LogP) is 0.759. The summed E-state index contributed by atoms with van der Waals surface area (Å²) in [6.07, 6.45) is -0.968. The van der Waals surface area contributed by atoms with Crippen LogP contribution in [0.3, 0.4) is 0 Å². The van der Waals surface area contributed by atoms with E-state index >= 15 is 0 Å². The molecule has 0 fully saturated rings. The number of hydrogen-bond acceptors (Lipinski definition) is 5. The summed E-state index contributed by atoms with van der Waals surface area (Å²) < 4.78 is 5.34. The van der Waals surface area contributed by atoms with Crippen molar-refractivity contribution in [2.45, 2.75) is 46.6 Å². The Hall–Kier alpha value is -0.200. The van der Waals surface area contributed by atoms with Crippen LogP contribution >= 0.6 is 0 Å². The quantitative estimate of drug-likeness (QED) is 0.336. The molecule has 0 rings (SSSR count). The first-order valence-corrected chi connectivity index (χ1v) is 6.24. The van der Waals surface area contributed by atoms with Crippen molar-refractivity contribution >= 4 is 0 Å². The molecule has 0 aliphatic rings. The van der Waals surface area contributed by atoms with E-state index in [1.165, 1.54) is 0 Å². The van der Waals surface area contributed by atoms with Gasteiger partial charge in [-0.15, -0.1) is 0 Å². The predicted molar refractivity (Wildman–Crippen MR) is 70.3 cm³/mol. The minimum absolute atomic E-state index is 0.358. The molecule has 0 aromatic carbocycles. The van der Waals surface area contributed by atoms with Crippen molar-refractivity contribution in [1.29, 1.82) is 0 Å². The number of nitrogens with zero attached hydrogens (tertiary/aromatic N) is 1. The van der Waals surface area contributed by atoms with E-state index in [0.717, 1.165) is 19.6 Å². The molecule has 0 spiro atoms. The lowest BCUT2D eigenvalue weighted by Gasteiger charge is -2.28. The first-order valence-electron chi connectivity index (χ1n) is 6.24. The summed E-state index contributed by atoms with van der Waals surface area (Å²) >= 11 is 0. The summed E-state index contributed by atoms with van der Waals surface area (Å²) in [5.41, 5.74) is 2.49. The molecule has 0 aliphatic heterocycles. The van der Waals surface area contributed by atoms with Crippen molar-refractivity contribution in [3.05, 3.63) is 0 Å². The van der Waals surface area contributed by atoms with E-state index in [1.54, 1.807) is 0 Å². The lowest BCUT2D eigenvalue weighted by molar-refractivity contribution is -0.204. The van der Waals surface area contributed by atoms with Crippen molar-refractivity contribution < 1.29 is 9.84 Å². The standard InChI is InChI=1S/C12H29N3O2/c1-10(2)9-13-7-8-15(6)14-11(16)17-12(3,4)5/h10-11,13-14,16H,7-9H2,1-6H3. The van der Waals surface area contributed by atoms with Gasteiger partial charge in [-0.3, -0.25) is 0 Å². The van der Waals surface area contributed by atoms with Gasteiger partial charge >= 0.3 is 0 Å². The van der Waals surface area contributed by atoms with Crippen LogP contribution in [0, 0.1) is 5.92 Å². The van der Waals surface area contributed by atoms with Gasteiger partial charge in [-0.2, -0.15) is 0 Å². The smallest absolute Gasteiger partial charge is 0.227 e. The fraction of sp³-hybridized carbons (Fsp3) is 1.00. The van der Waals surface area contributed by atoms with Gasteiger partial charge in [0.05, 0.1) is 5.60 Å². The highest BCUT2D eigenvalue weighted by Gasteiger charge is 2.17. The van der Waals surface area contributed by atoms with Crippen LogP contribution in [-0.4, -0.2) is 48.8 Å². The molecule has 0 bridgehead atoms. The van der Waals surface area contributed by atoms with Gasteiger partial charge in [0.2, 0.25) is 6.41 Å². The van der Waals surface area contributed by atoms with Crippen LogP contribution in [0.1, 0.15) is 34.6 Å². The topological polar surface area (TPSA) is 56.8 Å². The number of ether oxygens (including phenoxy) is 1. The summed E-state index contributed by atoms with van der Waals surface area (Å²) in [7, 11) is 1.88. The minimum atomic E-state index is -0.968. The van der Waals surface area contributed by atoms with Crippen molar-refractivity contribution in [3.63, 3.8) is 0 Å². The lowest BCUT2D eigenvalue weighted by Crippen LogP contribution is -2.48. The number of aliphatic hydroxyl groups is 1. The second-order valence-corrected chi connectivity index (χ2v) is 5.73. The Bertz CT molecular complexity index is 193. The Morgan fingerprint density at radius 3 is 2.35 bits per heavy atom. The first-order chi connectivity index (χ1) is 7.70. The molecule has 0 aromatic rings. The van der Waals surface area contributed by atoms with E-state index in [1.807, 2.05) is 32.8 Å². The van der Waals surface area contributed by atoms with Gasteiger partial charge in [0.1, 0.15) is 0 Å². The summed E-state index contributed by atoms with van der Waals surface area (Å²) in [6.45, 7) is 12.8. The van der Waals surface area contributed by atoms with Gasteiger partial charge in [0.15, 0.2) is 0 Å². The Balaban J connectivity index is 3.60. The molecule has 104 valence electrons. The molecule has 0 aliphatic carbocycles. The largest absolute Gasteiger partial charge is 0.355 e. The van der Waals surface area contributed by atoms with E-state index in [0.29, 0.717) is 5.92 Å². The van der Waals surface area contributed by atoms with Crippen LogP contribution in [0.2, 0.25) is 0 Å². The van der Waals surface area contributed by atoms with Crippen LogP contribution in [-0.2, 0) is 4.74 Å². The van der Waals surface area contributed by atoms with Crippen molar-refractivity contribution in [2.24, 2.45) is 5.92 Å². The molecular formula is C12H29N3O2. The molecule has 0 amide bonds. The highest BCUT2D eigenvalue weighted by atomic mass is 16.6. The van der Waals surface area contributed by atoms with Gasteiger partial charge in [-0.05, 0) is 33.2 Å². The third-order valence-corrected chi connectivity index (χ3v) is 1.97. The molecule has 0 saturated heterocycles. The van der Waals surface area contributed by atoms with Gasteiger partial charge < -0.3 is 15.2 Å². The van der Waals surface area contributed by atoms with Crippen LogP contribution in [0.4, 0.5) is 0 Å². The van der Waals surface area contributed by atoms with Crippen LogP contribution < -0.4 is 10.7 Å². The molecule has 17 heavy (non-hydrogen) atoms. The van der Waals surface area contributed by atoms with Crippen LogP contribution in [0.25, 0.3) is 0 Å². The molecule has 1 unspecified atom stereocenters. The minimum Gasteiger partial charge on any atom is -0.355 e. The van der Waals surface area contributed by atoms with Gasteiger partial charge in [-0.1, -0.05) is 13.8 Å². The normalized spacial score (nSPS) is 14.6. The SMILES string of the molecule is CC(C)CNCCN(C)NC(O)OC(C)(C)C. The third kappa shape index (κ3) is 12.1. The van der Waals surface area contributed by atoms with Gasteiger partial charge in [0, 0.05) is 20.1 Å². The zero-order valence-corrected chi connectivity index (χ0v) is 12.1. The third-order valence-electron chi connectivity index (χ3n) is 1.97. The first kappa shape index (κ1) is 16.8. The van der Waals surface area contributed by atoms with E-state index in [-0.39, 0.29) is 5.60 Å². The van der Waals surface area contributed by atoms with Crippen LogP contribution in [0.5, 0.6) is 0 Å². The molecule has 5 nitrogen and oxygen atoms in total. The van der Waals surface area contributed by atoms with E-state index in [9.17, 15) is 5.11 Å². The molecule has 0 saturated carbocycles. The van der Waals surface area contributed by atoms with Gasteiger partial charge in [0.25, 0.3) is 0 Å². The Morgan fingerprint density at radius 1 is 1.29 bits per heavy atom. The van der Waals surface area contributed by atoms with Crippen molar-refractivity contribution in [3.8, 4) is 0 Å². The summed E-state index contributed by atoms with van der Waals surface area (Å²) in [5.74, 6) is 0.656. The number of likely N-dealkylation sites (N-methyl/N-ethyl adjacent to an activating group) is 1. The average molecular weight is 247 g/mol. The van der Waals surface area contributed by atoms with E-state index in [4.69, 9.17) is 4.74 Å². The molecule has 0 aromatic heterocycles. The maximum Gasteiger partial charge on any atom is 0.227 e. The summed E-state index contributed by atoms with van der Waals surface area (Å²) in [4.78, 5) is 0. The summed E-state index contributed by atoms with van der Waals surface area (Å²) in [6, 6.07) is 0. The van der Waals surface area contributed by atoms with Crippen LogP contribution in [0.15, 0.2) is 0 Å². The fourth-order valence-electron chi connectivity index (χ4n) is 1.25. The number of aliphatic hydroxyl groups excluding tert-OH is 1. The zero-order valence-electron chi connectivity index (χ0n) is 12.1. The van der Waals surface area contributed by atoms with Crippen molar-refractivity contribution in [2.75, 3.05) is 26.7 Å². The molecule has 5 heteroatoms. The highest BCUT2D eigenvalue weighted by molar-refractivity contribution is 4.59. The zero-order chi connectivity index (χ0) is 13.5. The fourth-order valence-corrected chi connectivity index (χ4v) is 1.25. The number of hydrazine groups is 1. The molecule has 3 N–H and O–H groups in total. The molecule has 1 atom stereocenters. The maximum absolute atomic E-state index is 9.60. The van der Waals surface area contributed by atoms with E-state index < -0.39 is 6.41 Å². The van der Waals surface area contributed by atoms with Gasteiger partial charge in [-0.25, -0.2) is 10.4 Å². The number of hydrogen-bond donors (Lipinski definition) is 3. The molecule has 0 radical (unpaired) electrons. The second kappa shape index (κ2) is 8.00. The Morgan fingerprint density at radius 2 is 1.88 bits per heavy atom. The second-order valence-electron chi connectivity index (χ2n) is 5.73. The summed E-state index contributed by atoms with van der Waals surface area (Å²) in [5, 5.41) is 14.8. The monoisotopic (exact) mass is 247 g/mol. The average Bonchev–Trinajstić information content (AvgIpc) is 2.08. The van der Waals surface area contributed by atoms with E-state index in [2.05, 4.69) is 24.6 Å². The number of rotatable bonds is 8. The molecular weight excluding hydrogens is 218 g/mol. The number of nitrogens with one attached hydrogen (secondary N) is 2. The maximum atomic E-state index is 9.60.